The van der Waals surface area contributed by atoms with Gasteiger partial charge in [-0.1, -0.05) is 0 Å². The standard InChI is InChI=1S/C4H7N4O2.CH4O4S/c1-6-3-5-7(2)4(6)8(9)10;1-5-6(2,3)4/h3H,1-2H3;1H3,(H,2,3,4)/q+1;/p-1. The highest BCUT2D eigenvalue weighted by atomic mass is 32.3. The number of rotatable bonds is 2. The van der Waals surface area contributed by atoms with Crippen LogP contribution < -0.4 is 4.57 Å². The van der Waals surface area contributed by atoms with Crippen LogP contribution in [-0.4, -0.2) is 34.8 Å². The molecule has 1 rings (SSSR count). The van der Waals surface area contributed by atoms with E-state index in [2.05, 4.69) is 9.28 Å². The van der Waals surface area contributed by atoms with Gasteiger partial charge in [-0.25, -0.2) is 8.42 Å². The van der Waals surface area contributed by atoms with Gasteiger partial charge in [0.2, 0.25) is 10.4 Å². The van der Waals surface area contributed by atoms with Gasteiger partial charge in [-0.05, 0) is 4.68 Å². The molecule has 1 aromatic rings. The first kappa shape index (κ1) is 14.4. The fraction of sp³-hybridized carbons (Fsp3) is 0.600. The van der Waals surface area contributed by atoms with Crippen molar-refractivity contribution in [1.29, 1.82) is 0 Å². The molecule has 0 aromatic carbocycles. The minimum absolute atomic E-state index is 0.0278. The van der Waals surface area contributed by atoms with E-state index in [1.807, 2.05) is 0 Å². The zero-order valence-corrected chi connectivity index (χ0v) is 9.54. The monoisotopic (exact) mass is 254 g/mol. The molecule has 0 aliphatic heterocycles. The van der Waals surface area contributed by atoms with Crippen LogP contribution in [0.2, 0.25) is 0 Å². The van der Waals surface area contributed by atoms with E-state index in [1.54, 1.807) is 7.05 Å². The fourth-order valence-electron chi connectivity index (χ4n) is 0.733. The molecular weight excluding hydrogens is 244 g/mol. The van der Waals surface area contributed by atoms with E-state index in [4.69, 9.17) is 0 Å². The quantitative estimate of drug-likeness (QED) is 0.201. The summed E-state index contributed by atoms with van der Waals surface area (Å²) in [5.41, 5.74) is 0. The topological polar surface area (TPSA) is 131 Å². The molecule has 0 unspecified atom stereocenters. The van der Waals surface area contributed by atoms with Crippen LogP contribution in [0.15, 0.2) is 6.33 Å². The van der Waals surface area contributed by atoms with Crippen LogP contribution in [0.25, 0.3) is 0 Å². The zero-order valence-electron chi connectivity index (χ0n) is 8.72. The molecule has 0 atom stereocenters. The third-order valence-corrected chi connectivity index (χ3v) is 1.78. The van der Waals surface area contributed by atoms with Crippen LogP contribution >= 0.6 is 0 Å². The maximum Gasteiger partial charge on any atom is 0.532 e. The molecule has 0 aliphatic rings. The summed E-state index contributed by atoms with van der Waals surface area (Å²) in [5.74, 6) is -0.0278. The van der Waals surface area contributed by atoms with Gasteiger partial charge < -0.3 is 14.7 Å². The Bertz CT molecular complexity index is 446. The summed E-state index contributed by atoms with van der Waals surface area (Å²) in [4.78, 5) is 9.75. The molecule has 0 N–H and O–H groups in total. The first-order valence-electron chi connectivity index (χ1n) is 3.72. The molecule has 11 heteroatoms. The summed E-state index contributed by atoms with van der Waals surface area (Å²) >= 11 is 0. The summed E-state index contributed by atoms with van der Waals surface area (Å²) in [6.45, 7) is 0. The summed E-state index contributed by atoms with van der Waals surface area (Å²) in [5, 5.41) is 13.9. The number of nitrogens with zero attached hydrogens (tertiary/aromatic N) is 4. The third-order valence-electron chi connectivity index (χ3n) is 1.37. The Morgan fingerprint density at radius 2 is 2.06 bits per heavy atom. The predicted octanol–water partition coefficient (Wildman–Crippen LogP) is -1.75. The zero-order chi connectivity index (χ0) is 12.9. The number of hydrogen-bond donors (Lipinski definition) is 0. The van der Waals surface area contributed by atoms with Gasteiger partial charge in [0.1, 0.15) is 12.1 Å². The Morgan fingerprint density at radius 3 is 2.19 bits per heavy atom. The minimum atomic E-state index is -4.41. The van der Waals surface area contributed by atoms with Crippen LogP contribution in [0.3, 0.4) is 0 Å². The lowest BCUT2D eigenvalue weighted by Crippen LogP contribution is -2.29. The van der Waals surface area contributed by atoms with Gasteiger partial charge in [-0.3, -0.25) is 4.18 Å². The molecule has 0 aliphatic carbocycles. The van der Waals surface area contributed by atoms with Crippen molar-refractivity contribution in [1.82, 2.24) is 9.78 Å². The second kappa shape index (κ2) is 5.48. The summed E-state index contributed by atoms with van der Waals surface area (Å²) < 4.78 is 33.6. The van der Waals surface area contributed by atoms with E-state index in [0.717, 1.165) is 7.11 Å². The summed E-state index contributed by atoms with van der Waals surface area (Å²) in [7, 11) is -0.504. The van der Waals surface area contributed by atoms with Crippen molar-refractivity contribution >= 4 is 16.3 Å². The fourth-order valence-corrected chi connectivity index (χ4v) is 0.733. The Kier molecular flexibility index (Phi) is 4.94. The molecule has 1 heterocycles. The molecule has 92 valence electrons. The lowest BCUT2D eigenvalue weighted by atomic mass is 10.9. The van der Waals surface area contributed by atoms with E-state index in [0.29, 0.717) is 0 Å². The van der Waals surface area contributed by atoms with Crippen molar-refractivity contribution in [3.05, 3.63) is 16.4 Å². The largest absolute Gasteiger partial charge is 0.726 e. The summed E-state index contributed by atoms with van der Waals surface area (Å²) in [6, 6.07) is 0. The molecular formula is C5H10N4O6S. The van der Waals surface area contributed by atoms with E-state index in [9.17, 15) is 23.1 Å². The van der Waals surface area contributed by atoms with Crippen LogP contribution in [0.4, 0.5) is 5.95 Å². The predicted molar refractivity (Wildman–Crippen MR) is 47.7 cm³/mol. The number of aromatic nitrogens is 3. The van der Waals surface area contributed by atoms with Gasteiger partial charge in [0.15, 0.2) is 0 Å². The molecule has 0 saturated heterocycles. The van der Waals surface area contributed by atoms with Crippen LogP contribution in [0.5, 0.6) is 0 Å². The average Bonchev–Trinajstić information content (AvgIpc) is 2.46. The van der Waals surface area contributed by atoms with Crippen molar-refractivity contribution in [3.63, 3.8) is 0 Å². The Hall–Kier alpha value is -1.59. The molecule has 0 saturated carbocycles. The van der Waals surface area contributed by atoms with Crippen molar-refractivity contribution < 1.29 is 26.6 Å². The number of hydrogen-bond acceptors (Lipinski definition) is 7. The van der Waals surface area contributed by atoms with Crippen molar-refractivity contribution in [3.8, 4) is 0 Å². The Morgan fingerprint density at radius 1 is 1.62 bits per heavy atom. The first-order valence-corrected chi connectivity index (χ1v) is 5.06. The SMILES string of the molecule is COS(=O)(=O)[O-].Cn1nc[n+](C)c1[N+](=O)[O-]. The van der Waals surface area contributed by atoms with Crippen LogP contribution in [0, 0.1) is 10.1 Å². The van der Waals surface area contributed by atoms with E-state index in [-0.39, 0.29) is 5.95 Å². The molecule has 16 heavy (non-hydrogen) atoms. The van der Waals surface area contributed by atoms with Gasteiger partial charge in [0.25, 0.3) is 0 Å². The number of nitro groups is 1. The highest BCUT2D eigenvalue weighted by Gasteiger charge is 2.22. The second-order valence-corrected chi connectivity index (χ2v) is 3.65. The molecule has 1 aromatic heterocycles. The van der Waals surface area contributed by atoms with Crippen LogP contribution in [-0.2, 0) is 28.7 Å². The van der Waals surface area contributed by atoms with Crippen molar-refractivity contribution in [2.45, 2.75) is 0 Å². The average molecular weight is 254 g/mol. The maximum atomic E-state index is 10.2. The second-order valence-electron chi connectivity index (χ2n) is 2.50. The third kappa shape index (κ3) is 4.77. The minimum Gasteiger partial charge on any atom is -0.726 e. The molecule has 0 bridgehead atoms. The Balaban J connectivity index is 0.000000325. The molecule has 10 nitrogen and oxygen atoms in total. The van der Waals surface area contributed by atoms with E-state index in [1.165, 1.54) is 22.6 Å². The molecule has 0 radical (unpaired) electrons. The van der Waals surface area contributed by atoms with Gasteiger partial charge in [-0.15, -0.1) is 0 Å². The van der Waals surface area contributed by atoms with Gasteiger partial charge in [0.05, 0.1) is 14.2 Å². The van der Waals surface area contributed by atoms with Crippen molar-refractivity contribution in [2.24, 2.45) is 14.1 Å². The maximum absolute atomic E-state index is 10.2. The highest BCUT2D eigenvalue weighted by molar-refractivity contribution is 7.80. The highest BCUT2D eigenvalue weighted by Crippen LogP contribution is 1.96. The molecule has 0 fully saturated rings. The first-order chi connectivity index (χ1) is 7.19. The van der Waals surface area contributed by atoms with E-state index >= 15 is 0 Å². The summed E-state index contributed by atoms with van der Waals surface area (Å²) in [6.07, 6.45) is 1.39. The molecule has 0 amide bonds. The lowest BCUT2D eigenvalue weighted by molar-refractivity contribution is -0.717. The van der Waals surface area contributed by atoms with Gasteiger partial charge in [-0.2, -0.15) is 4.57 Å². The number of aryl methyl sites for hydroxylation is 2. The lowest BCUT2D eigenvalue weighted by Gasteiger charge is -1.98. The van der Waals surface area contributed by atoms with E-state index < -0.39 is 15.3 Å². The Labute approximate surface area is 91.2 Å². The van der Waals surface area contributed by atoms with Gasteiger partial charge >= 0.3 is 12.3 Å². The smallest absolute Gasteiger partial charge is 0.532 e. The van der Waals surface area contributed by atoms with Crippen molar-refractivity contribution in [2.75, 3.05) is 7.11 Å². The van der Waals surface area contributed by atoms with Crippen LogP contribution in [0.1, 0.15) is 0 Å². The van der Waals surface area contributed by atoms with Gasteiger partial charge in [0, 0.05) is 4.92 Å². The molecule has 0 spiro atoms. The normalized spacial score (nSPS) is 10.5.